The van der Waals surface area contributed by atoms with Crippen LogP contribution in [-0.2, 0) is 0 Å². The number of nitro benzene ring substituents is 1. The van der Waals surface area contributed by atoms with Gasteiger partial charge >= 0.3 is 0 Å². The van der Waals surface area contributed by atoms with Crippen LogP contribution in [0.15, 0.2) is 23.1 Å². The number of rotatable bonds is 6. The summed E-state index contributed by atoms with van der Waals surface area (Å²) >= 11 is 6.88. The van der Waals surface area contributed by atoms with Crippen molar-refractivity contribution in [2.75, 3.05) is 24.0 Å². The van der Waals surface area contributed by atoms with Crippen molar-refractivity contribution in [3.63, 3.8) is 0 Å². The number of aliphatic hydroxyl groups excluding tert-OH is 1. The average molecular weight is 277 g/mol. The van der Waals surface area contributed by atoms with Crippen LogP contribution in [0.1, 0.15) is 0 Å². The van der Waals surface area contributed by atoms with E-state index >= 15 is 0 Å². The van der Waals surface area contributed by atoms with E-state index in [0.717, 1.165) is 4.90 Å². The number of nitrogens with one attached hydrogen (secondary N) is 1. The summed E-state index contributed by atoms with van der Waals surface area (Å²) in [5.74, 6) is 0.0870. The Bertz CT molecular complexity index is 403. The van der Waals surface area contributed by atoms with Gasteiger partial charge in [0.2, 0.25) is 0 Å². The topological polar surface area (TPSA) is 75.4 Å². The number of alkyl halides is 1. The van der Waals surface area contributed by atoms with Gasteiger partial charge in [0, 0.05) is 17.5 Å². The summed E-state index contributed by atoms with van der Waals surface area (Å²) in [5, 5.41) is 23.0. The molecule has 0 bridgehead atoms. The molecule has 0 aliphatic carbocycles. The van der Waals surface area contributed by atoms with Crippen molar-refractivity contribution in [2.24, 2.45) is 0 Å². The minimum atomic E-state index is -0.725. The normalized spacial score (nSPS) is 12.2. The van der Waals surface area contributed by atoms with Gasteiger partial charge in [-0.25, -0.2) is 0 Å². The first kappa shape index (κ1) is 14.1. The monoisotopic (exact) mass is 276 g/mol. The van der Waals surface area contributed by atoms with Gasteiger partial charge < -0.3 is 10.4 Å². The Hall–Kier alpha value is -0.980. The first-order chi connectivity index (χ1) is 8.08. The van der Waals surface area contributed by atoms with Crippen molar-refractivity contribution in [2.45, 2.75) is 11.0 Å². The standard InChI is InChI=1S/C10H13ClN2O3S/c1-17-8-2-3-9(10(4-8)13(15)16)12-6-7(14)5-11/h2-4,7,12,14H,5-6H2,1H3. The molecule has 94 valence electrons. The molecule has 1 unspecified atom stereocenters. The zero-order chi connectivity index (χ0) is 12.8. The van der Waals surface area contributed by atoms with Crippen LogP contribution in [0.5, 0.6) is 0 Å². The molecule has 0 aromatic heterocycles. The summed E-state index contributed by atoms with van der Waals surface area (Å²) in [6.07, 6.45) is 1.13. The SMILES string of the molecule is CSc1ccc(NCC(O)CCl)c([N+](=O)[O-])c1. The maximum absolute atomic E-state index is 10.9. The van der Waals surface area contributed by atoms with E-state index in [1.165, 1.54) is 17.8 Å². The highest BCUT2D eigenvalue weighted by Gasteiger charge is 2.15. The fourth-order valence-corrected chi connectivity index (χ4v) is 1.76. The van der Waals surface area contributed by atoms with E-state index in [1.807, 2.05) is 6.26 Å². The molecule has 0 aliphatic rings. The summed E-state index contributed by atoms with van der Waals surface area (Å²) in [6, 6.07) is 4.91. The Morgan fingerprint density at radius 2 is 2.35 bits per heavy atom. The number of hydrogen-bond donors (Lipinski definition) is 2. The molecule has 1 aromatic rings. The summed E-state index contributed by atoms with van der Waals surface area (Å²) in [5.41, 5.74) is 0.385. The third-order valence-electron chi connectivity index (χ3n) is 2.11. The predicted molar refractivity (Wildman–Crippen MR) is 70.1 cm³/mol. The Morgan fingerprint density at radius 3 is 2.88 bits per heavy atom. The number of benzene rings is 1. The second-order valence-electron chi connectivity index (χ2n) is 3.33. The van der Waals surface area contributed by atoms with Crippen molar-refractivity contribution in [3.05, 3.63) is 28.3 Å². The van der Waals surface area contributed by atoms with Crippen LogP contribution in [-0.4, -0.2) is 34.8 Å². The highest BCUT2D eigenvalue weighted by atomic mass is 35.5. The van der Waals surface area contributed by atoms with E-state index in [0.29, 0.717) is 5.69 Å². The summed E-state index contributed by atoms with van der Waals surface area (Å²) < 4.78 is 0. The van der Waals surface area contributed by atoms with E-state index in [1.54, 1.807) is 12.1 Å². The fraction of sp³-hybridized carbons (Fsp3) is 0.400. The molecule has 5 nitrogen and oxygen atoms in total. The summed E-state index contributed by atoms with van der Waals surface area (Å²) in [7, 11) is 0. The molecule has 7 heteroatoms. The van der Waals surface area contributed by atoms with Crippen LogP contribution in [0.3, 0.4) is 0 Å². The molecular weight excluding hydrogens is 264 g/mol. The summed E-state index contributed by atoms with van der Waals surface area (Å²) in [6.45, 7) is 0.183. The lowest BCUT2D eigenvalue weighted by Crippen LogP contribution is -2.21. The van der Waals surface area contributed by atoms with Gasteiger partial charge in [-0.15, -0.1) is 23.4 Å². The van der Waals surface area contributed by atoms with E-state index in [2.05, 4.69) is 5.32 Å². The van der Waals surface area contributed by atoms with Gasteiger partial charge in [-0.3, -0.25) is 10.1 Å². The molecule has 2 N–H and O–H groups in total. The van der Waals surface area contributed by atoms with Crippen LogP contribution < -0.4 is 5.32 Å². The molecule has 0 saturated heterocycles. The minimum Gasteiger partial charge on any atom is -0.390 e. The molecular formula is C10H13ClN2O3S. The third kappa shape index (κ3) is 4.07. The third-order valence-corrected chi connectivity index (χ3v) is 3.19. The van der Waals surface area contributed by atoms with Crippen molar-refractivity contribution < 1.29 is 10.0 Å². The Labute approximate surface area is 108 Å². The molecule has 0 spiro atoms. The van der Waals surface area contributed by atoms with Crippen molar-refractivity contribution in [1.82, 2.24) is 0 Å². The van der Waals surface area contributed by atoms with Crippen molar-refractivity contribution >= 4 is 34.7 Å². The van der Waals surface area contributed by atoms with E-state index in [9.17, 15) is 15.2 Å². The Morgan fingerprint density at radius 1 is 1.65 bits per heavy atom. The number of thioether (sulfide) groups is 1. The van der Waals surface area contributed by atoms with Gasteiger partial charge in [-0.05, 0) is 18.4 Å². The Balaban J connectivity index is 2.87. The zero-order valence-electron chi connectivity index (χ0n) is 9.22. The quantitative estimate of drug-likeness (QED) is 0.361. The number of halogens is 1. The lowest BCUT2D eigenvalue weighted by molar-refractivity contribution is -0.384. The predicted octanol–water partition coefficient (Wildman–Crippen LogP) is 2.33. The van der Waals surface area contributed by atoms with E-state index in [4.69, 9.17) is 11.6 Å². The molecule has 0 aliphatic heterocycles. The van der Waals surface area contributed by atoms with Crippen LogP contribution in [0.4, 0.5) is 11.4 Å². The lowest BCUT2D eigenvalue weighted by Gasteiger charge is -2.10. The van der Waals surface area contributed by atoms with Gasteiger partial charge in [0.15, 0.2) is 0 Å². The fourth-order valence-electron chi connectivity index (χ4n) is 1.22. The van der Waals surface area contributed by atoms with Crippen LogP contribution in [0.25, 0.3) is 0 Å². The van der Waals surface area contributed by atoms with Crippen LogP contribution >= 0.6 is 23.4 Å². The maximum Gasteiger partial charge on any atom is 0.293 e. The molecule has 0 fully saturated rings. The number of aliphatic hydroxyl groups is 1. The molecule has 17 heavy (non-hydrogen) atoms. The molecule has 0 amide bonds. The lowest BCUT2D eigenvalue weighted by atomic mass is 10.2. The summed E-state index contributed by atoms with van der Waals surface area (Å²) in [4.78, 5) is 11.2. The van der Waals surface area contributed by atoms with Gasteiger partial charge in [0.1, 0.15) is 5.69 Å². The largest absolute Gasteiger partial charge is 0.390 e. The van der Waals surface area contributed by atoms with Gasteiger partial charge in [-0.2, -0.15) is 0 Å². The van der Waals surface area contributed by atoms with Crippen molar-refractivity contribution in [1.29, 1.82) is 0 Å². The minimum absolute atomic E-state index is 0.00128. The van der Waals surface area contributed by atoms with Crippen LogP contribution in [0.2, 0.25) is 0 Å². The van der Waals surface area contributed by atoms with Gasteiger partial charge in [0.05, 0.1) is 16.9 Å². The average Bonchev–Trinajstić information content (AvgIpc) is 2.35. The zero-order valence-corrected chi connectivity index (χ0v) is 10.8. The second-order valence-corrected chi connectivity index (χ2v) is 4.52. The van der Waals surface area contributed by atoms with E-state index in [-0.39, 0.29) is 18.1 Å². The molecule has 0 radical (unpaired) electrons. The van der Waals surface area contributed by atoms with Crippen LogP contribution in [0, 0.1) is 10.1 Å². The highest BCUT2D eigenvalue weighted by Crippen LogP contribution is 2.29. The Kier molecular flexibility index (Phi) is 5.54. The number of nitro groups is 1. The smallest absolute Gasteiger partial charge is 0.293 e. The van der Waals surface area contributed by atoms with E-state index < -0.39 is 11.0 Å². The first-order valence-electron chi connectivity index (χ1n) is 4.88. The van der Waals surface area contributed by atoms with Crippen molar-refractivity contribution in [3.8, 4) is 0 Å². The highest BCUT2D eigenvalue weighted by molar-refractivity contribution is 7.98. The van der Waals surface area contributed by atoms with Gasteiger partial charge in [0.25, 0.3) is 5.69 Å². The molecule has 1 rings (SSSR count). The number of nitrogens with zero attached hydrogens (tertiary/aromatic N) is 1. The molecule has 1 atom stereocenters. The maximum atomic E-state index is 10.9. The first-order valence-corrected chi connectivity index (χ1v) is 6.64. The second kappa shape index (κ2) is 6.68. The van der Waals surface area contributed by atoms with Gasteiger partial charge in [-0.1, -0.05) is 0 Å². The molecule has 0 heterocycles. The molecule has 1 aromatic carbocycles. The number of hydrogen-bond acceptors (Lipinski definition) is 5. The number of anilines is 1. The molecule has 0 saturated carbocycles.